The fraction of sp³-hybridized carbons (Fsp3) is 0.938. The van der Waals surface area contributed by atoms with Gasteiger partial charge in [0, 0.05) is 6.04 Å². The normalized spacial score (nSPS) is 26.3. The van der Waals surface area contributed by atoms with Crippen molar-refractivity contribution in [3.8, 4) is 0 Å². The molecular weight excluding hydrogens is 238 g/mol. The van der Waals surface area contributed by atoms with Gasteiger partial charge < -0.3 is 10.1 Å². The Morgan fingerprint density at radius 1 is 1.21 bits per heavy atom. The average molecular weight is 269 g/mol. The van der Waals surface area contributed by atoms with Crippen molar-refractivity contribution in [1.29, 1.82) is 0 Å². The molecule has 0 amide bonds. The first-order valence-corrected chi connectivity index (χ1v) is 7.61. The molecule has 1 N–H and O–H groups in total. The van der Waals surface area contributed by atoms with E-state index in [1.54, 1.807) is 0 Å². The van der Waals surface area contributed by atoms with Crippen LogP contribution in [0.5, 0.6) is 0 Å². The predicted octanol–water partition coefficient (Wildman–Crippen LogP) is 3.38. The number of rotatable bonds is 4. The van der Waals surface area contributed by atoms with Gasteiger partial charge in [-0.3, -0.25) is 4.79 Å². The summed E-state index contributed by atoms with van der Waals surface area (Å²) in [7, 11) is 1.47. The lowest BCUT2D eigenvalue weighted by Crippen LogP contribution is -2.53. The molecule has 112 valence electrons. The van der Waals surface area contributed by atoms with Gasteiger partial charge in [0.05, 0.1) is 7.11 Å². The van der Waals surface area contributed by atoms with E-state index in [1.165, 1.54) is 32.8 Å². The maximum Gasteiger partial charge on any atom is 0.323 e. The Balaban J connectivity index is 2.77. The number of ether oxygens (including phenoxy) is 1. The van der Waals surface area contributed by atoms with Gasteiger partial charge in [-0.15, -0.1) is 0 Å². The Hall–Kier alpha value is -0.570. The van der Waals surface area contributed by atoms with Crippen molar-refractivity contribution in [1.82, 2.24) is 5.32 Å². The highest BCUT2D eigenvalue weighted by atomic mass is 16.5. The molecule has 3 nitrogen and oxygen atoms in total. The molecular formula is C16H31NO2. The van der Waals surface area contributed by atoms with Crippen LogP contribution in [0.4, 0.5) is 0 Å². The Kier molecular flexibility index (Phi) is 5.84. The highest BCUT2D eigenvalue weighted by Gasteiger charge is 2.37. The summed E-state index contributed by atoms with van der Waals surface area (Å²) in [6, 6.07) is 0.248. The number of carbonyl (C=O) groups is 1. The average Bonchev–Trinajstić information content (AvgIpc) is 2.34. The van der Waals surface area contributed by atoms with Crippen molar-refractivity contribution >= 4 is 5.97 Å². The molecule has 0 aromatic heterocycles. The van der Waals surface area contributed by atoms with Crippen LogP contribution >= 0.6 is 0 Å². The summed E-state index contributed by atoms with van der Waals surface area (Å²) in [4.78, 5) is 11.9. The molecule has 19 heavy (non-hydrogen) atoms. The summed E-state index contributed by atoms with van der Waals surface area (Å²) in [5.74, 6) is 0.760. The van der Waals surface area contributed by atoms with E-state index in [0.29, 0.717) is 12.0 Å². The molecule has 0 saturated heterocycles. The summed E-state index contributed by atoms with van der Waals surface area (Å²) in [6.07, 6.45) is 5.00. The topological polar surface area (TPSA) is 38.3 Å². The van der Waals surface area contributed by atoms with Crippen molar-refractivity contribution in [3.05, 3.63) is 0 Å². The van der Waals surface area contributed by atoms with E-state index < -0.39 is 0 Å². The first kappa shape index (κ1) is 16.5. The van der Waals surface area contributed by atoms with Gasteiger partial charge >= 0.3 is 5.97 Å². The van der Waals surface area contributed by atoms with Gasteiger partial charge in [-0.05, 0) is 30.1 Å². The smallest absolute Gasteiger partial charge is 0.323 e. The number of carbonyl (C=O) groups excluding carboxylic acids is 1. The monoisotopic (exact) mass is 269 g/mol. The van der Waals surface area contributed by atoms with E-state index >= 15 is 0 Å². The lowest BCUT2D eigenvalue weighted by atomic mass is 9.69. The Labute approximate surface area is 118 Å². The quantitative estimate of drug-likeness (QED) is 0.795. The van der Waals surface area contributed by atoms with Crippen LogP contribution < -0.4 is 5.32 Å². The van der Waals surface area contributed by atoms with Crippen LogP contribution in [0.15, 0.2) is 0 Å². The summed E-state index contributed by atoms with van der Waals surface area (Å²) in [6.45, 7) is 11.1. The number of nitrogens with one attached hydrogen (secondary N) is 1. The van der Waals surface area contributed by atoms with E-state index in [9.17, 15) is 4.79 Å². The van der Waals surface area contributed by atoms with Gasteiger partial charge in [0.2, 0.25) is 0 Å². The highest BCUT2D eigenvalue weighted by molar-refractivity contribution is 5.76. The third-order valence-corrected chi connectivity index (χ3v) is 4.39. The molecule has 3 heteroatoms. The molecule has 3 unspecified atom stereocenters. The Morgan fingerprint density at radius 3 is 2.26 bits per heavy atom. The minimum atomic E-state index is -0.182. The maximum absolute atomic E-state index is 11.9. The first-order chi connectivity index (χ1) is 8.77. The van der Waals surface area contributed by atoms with Gasteiger partial charge in [0.15, 0.2) is 0 Å². The van der Waals surface area contributed by atoms with Crippen molar-refractivity contribution in [3.63, 3.8) is 0 Å². The molecule has 0 aromatic rings. The molecule has 0 aliphatic heterocycles. The number of methoxy groups -OCH3 is 1. The van der Waals surface area contributed by atoms with Gasteiger partial charge in [0.25, 0.3) is 0 Å². The SMILES string of the molecule is COC(=O)C(NC1CCCCC1C(C)(C)C)C(C)C. The Morgan fingerprint density at radius 2 is 1.79 bits per heavy atom. The fourth-order valence-corrected chi connectivity index (χ4v) is 3.26. The second-order valence-corrected chi connectivity index (χ2v) is 7.27. The van der Waals surface area contributed by atoms with Gasteiger partial charge in [-0.1, -0.05) is 47.5 Å². The molecule has 1 fully saturated rings. The Bertz CT molecular complexity index is 294. The molecule has 0 heterocycles. The largest absolute Gasteiger partial charge is 0.468 e. The predicted molar refractivity (Wildman–Crippen MR) is 79.0 cm³/mol. The van der Waals surface area contributed by atoms with Crippen LogP contribution in [0.25, 0.3) is 0 Å². The van der Waals surface area contributed by atoms with E-state index in [1.807, 2.05) is 0 Å². The zero-order chi connectivity index (χ0) is 14.6. The molecule has 1 rings (SSSR count). The third-order valence-electron chi connectivity index (χ3n) is 4.39. The molecule has 1 aliphatic carbocycles. The third kappa shape index (κ3) is 4.48. The molecule has 0 bridgehead atoms. The zero-order valence-electron chi connectivity index (χ0n) is 13.5. The first-order valence-electron chi connectivity index (χ1n) is 7.61. The summed E-state index contributed by atoms with van der Waals surface area (Å²) >= 11 is 0. The van der Waals surface area contributed by atoms with Crippen LogP contribution in [-0.2, 0) is 9.53 Å². The summed E-state index contributed by atoms with van der Waals surface area (Å²) < 4.78 is 4.93. The lowest BCUT2D eigenvalue weighted by Gasteiger charge is -2.42. The second kappa shape index (κ2) is 6.74. The zero-order valence-corrected chi connectivity index (χ0v) is 13.5. The molecule has 3 atom stereocenters. The van der Waals surface area contributed by atoms with E-state index in [4.69, 9.17) is 4.74 Å². The number of esters is 1. The molecule has 0 spiro atoms. The van der Waals surface area contributed by atoms with Crippen LogP contribution in [0.3, 0.4) is 0 Å². The van der Waals surface area contributed by atoms with E-state index in [2.05, 4.69) is 39.9 Å². The minimum Gasteiger partial charge on any atom is -0.468 e. The fourth-order valence-electron chi connectivity index (χ4n) is 3.26. The second-order valence-electron chi connectivity index (χ2n) is 7.27. The lowest BCUT2D eigenvalue weighted by molar-refractivity contribution is -0.145. The minimum absolute atomic E-state index is 0.131. The van der Waals surface area contributed by atoms with Crippen molar-refractivity contribution in [2.45, 2.75) is 72.4 Å². The van der Waals surface area contributed by atoms with Gasteiger partial charge in [-0.2, -0.15) is 0 Å². The molecule has 0 aromatic carbocycles. The van der Waals surface area contributed by atoms with E-state index in [-0.39, 0.29) is 23.3 Å². The van der Waals surface area contributed by atoms with E-state index in [0.717, 1.165) is 0 Å². The van der Waals surface area contributed by atoms with Crippen molar-refractivity contribution < 1.29 is 9.53 Å². The maximum atomic E-state index is 11.9. The van der Waals surface area contributed by atoms with Crippen molar-refractivity contribution in [2.24, 2.45) is 17.3 Å². The molecule has 1 aliphatic rings. The summed E-state index contributed by atoms with van der Waals surface area (Å²) in [5, 5.41) is 3.59. The number of hydrogen-bond donors (Lipinski definition) is 1. The highest BCUT2D eigenvalue weighted by Crippen LogP contribution is 2.38. The van der Waals surface area contributed by atoms with Crippen LogP contribution in [-0.4, -0.2) is 25.2 Å². The standard InChI is InChI=1S/C16H31NO2/c1-11(2)14(15(18)19-6)17-13-10-8-7-9-12(13)16(3,4)5/h11-14,17H,7-10H2,1-6H3. The summed E-state index contributed by atoms with van der Waals surface area (Å²) in [5.41, 5.74) is 0.287. The van der Waals surface area contributed by atoms with Gasteiger partial charge in [-0.25, -0.2) is 0 Å². The van der Waals surface area contributed by atoms with Gasteiger partial charge in [0.1, 0.15) is 6.04 Å². The van der Waals surface area contributed by atoms with Crippen molar-refractivity contribution in [2.75, 3.05) is 7.11 Å². The van der Waals surface area contributed by atoms with Crippen LogP contribution in [0.1, 0.15) is 60.3 Å². The van der Waals surface area contributed by atoms with Crippen LogP contribution in [0, 0.1) is 17.3 Å². The number of hydrogen-bond acceptors (Lipinski definition) is 3. The molecule has 1 saturated carbocycles. The molecule has 0 radical (unpaired) electrons. The van der Waals surface area contributed by atoms with Crippen LogP contribution in [0.2, 0.25) is 0 Å².